The first-order valence-electron chi connectivity index (χ1n) is 6.61. The quantitative estimate of drug-likeness (QED) is 0.605. The molecule has 0 aromatic heterocycles. The lowest BCUT2D eigenvalue weighted by Crippen LogP contribution is -2.26. The van der Waals surface area contributed by atoms with Gasteiger partial charge in [0.15, 0.2) is 0 Å². The molecule has 1 aliphatic carbocycles. The molecular formula is C15H20O3. The van der Waals surface area contributed by atoms with Gasteiger partial charge in [-0.25, -0.2) is 4.79 Å². The smallest absolute Gasteiger partial charge is 0.293 e. The van der Waals surface area contributed by atoms with E-state index in [-0.39, 0.29) is 6.10 Å². The molecule has 0 aliphatic heterocycles. The molecule has 18 heavy (non-hydrogen) atoms. The number of hydrogen-bond acceptors (Lipinski definition) is 3. The number of hydrogen-bond donors (Lipinski definition) is 0. The lowest BCUT2D eigenvalue weighted by Gasteiger charge is -2.26. The van der Waals surface area contributed by atoms with Crippen LogP contribution in [-0.4, -0.2) is 12.1 Å². The molecule has 2 unspecified atom stereocenters. The Morgan fingerprint density at radius 1 is 1.17 bits per heavy atom. The molecule has 2 rings (SSSR count). The second-order valence-electron chi connectivity index (χ2n) is 5.13. The standard InChI is InChI=1S/C15H20O3/c1-11-7-9-13(10-8-11)15(16)18-17-14-6-4-3-5-12(14)2/h7-10,12,14H,3-6H2,1-2H3. The summed E-state index contributed by atoms with van der Waals surface area (Å²) in [4.78, 5) is 22.0. The molecule has 1 aromatic carbocycles. The summed E-state index contributed by atoms with van der Waals surface area (Å²) in [5.74, 6) is 0.0531. The van der Waals surface area contributed by atoms with Crippen molar-refractivity contribution in [3.63, 3.8) is 0 Å². The van der Waals surface area contributed by atoms with E-state index in [0.717, 1.165) is 24.8 Å². The molecule has 1 saturated carbocycles. The molecule has 0 spiro atoms. The largest absolute Gasteiger partial charge is 0.373 e. The first-order valence-corrected chi connectivity index (χ1v) is 6.61. The minimum atomic E-state index is -0.409. The van der Waals surface area contributed by atoms with Crippen molar-refractivity contribution >= 4 is 5.97 Å². The van der Waals surface area contributed by atoms with Crippen LogP contribution in [0.3, 0.4) is 0 Å². The van der Waals surface area contributed by atoms with Crippen molar-refractivity contribution in [2.75, 3.05) is 0 Å². The van der Waals surface area contributed by atoms with Crippen LogP contribution >= 0.6 is 0 Å². The molecule has 0 N–H and O–H groups in total. The Labute approximate surface area is 108 Å². The van der Waals surface area contributed by atoms with E-state index >= 15 is 0 Å². The number of carbonyl (C=O) groups excluding carboxylic acids is 1. The molecule has 2 atom stereocenters. The fraction of sp³-hybridized carbons (Fsp3) is 0.533. The van der Waals surface area contributed by atoms with Gasteiger partial charge in [0.25, 0.3) is 0 Å². The monoisotopic (exact) mass is 248 g/mol. The molecule has 1 fully saturated rings. The van der Waals surface area contributed by atoms with Crippen LogP contribution in [0.2, 0.25) is 0 Å². The van der Waals surface area contributed by atoms with Crippen molar-refractivity contribution in [2.45, 2.75) is 45.6 Å². The summed E-state index contributed by atoms with van der Waals surface area (Å²) < 4.78 is 0. The van der Waals surface area contributed by atoms with Crippen molar-refractivity contribution in [3.8, 4) is 0 Å². The van der Waals surface area contributed by atoms with E-state index in [2.05, 4.69) is 6.92 Å². The average molecular weight is 248 g/mol. The van der Waals surface area contributed by atoms with E-state index in [1.807, 2.05) is 19.1 Å². The summed E-state index contributed by atoms with van der Waals surface area (Å²) in [6, 6.07) is 7.29. The third kappa shape index (κ3) is 3.33. The second kappa shape index (κ2) is 6.01. The van der Waals surface area contributed by atoms with Crippen molar-refractivity contribution in [1.82, 2.24) is 0 Å². The number of rotatable bonds is 3. The zero-order valence-corrected chi connectivity index (χ0v) is 11.0. The maximum absolute atomic E-state index is 11.8. The molecule has 0 saturated heterocycles. The summed E-state index contributed by atoms with van der Waals surface area (Å²) >= 11 is 0. The van der Waals surface area contributed by atoms with Crippen molar-refractivity contribution in [2.24, 2.45) is 5.92 Å². The van der Waals surface area contributed by atoms with E-state index in [1.54, 1.807) is 12.1 Å². The molecule has 98 valence electrons. The molecule has 0 bridgehead atoms. The summed E-state index contributed by atoms with van der Waals surface area (Å²) in [5, 5.41) is 0. The molecule has 1 aliphatic rings. The SMILES string of the molecule is Cc1ccc(C(=O)OOC2CCCCC2C)cc1. The minimum Gasteiger partial charge on any atom is -0.293 e. The van der Waals surface area contributed by atoms with Crippen molar-refractivity contribution < 1.29 is 14.6 Å². The summed E-state index contributed by atoms with van der Waals surface area (Å²) in [7, 11) is 0. The van der Waals surface area contributed by atoms with Gasteiger partial charge < -0.3 is 0 Å². The summed E-state index contributed by atoms with van der Waals surface area (Å²) in [5.41, 5.74) is 1.65. The van der Waals surface area contributed by atoms with Gasteiger partial charge in [0.1, 0.15) is 6.10 Å². The Bertz CT molecular complexity index is 397. The van der Waals surface area contributed by atoms with Gasteiger partial charge in [-0.2, -0.15) is 4.89 Å². The molecule has 0 radical (unpaired) electrons. The van der Waals surface area contributed by atoms with E-state index in [0.29, 0.717) is 11.5 Å². The van der Waals surface area contributed by atoms with Crippen LogP contribution in [0, 0.1) is 12.8 Å². The van der Waals surface area contributed by atoms with Gasteiger partial charge in [-0.15, -0.1) is 0 Å². The Kier molecular flexibility index (Phi) is 4.37. The highest BCUT2D eigenvalue weighted by atomic mass is 17.2. The molecule has 0 heterocycles. The third-order valence-corrected chi connectivity index (χ3v) is 3.57. The van der Waals surface area contributed by atoms with Crippen LogP contribution in [0.5, 0.6) is 0 Å². The fourth-order valence-electron chi connectivity index (χ4n) is 2.27. The van der Waals surface area contributed by atoms with Crippen LogP contribution in [0.25, 0.3) is 0 Å². The Morgan fingerprint density at radius 2 is 1.83 bits per heavy atom. The second-order valence-corrected chi connectivity index (χ2v) is 5.13. The zero-order valence-electron chi connectivity index (χ0n) is 11.0. The highest BCUT2D eigenvalue weighted by Crippen LogP contribution is 2.26. The highest BCUT2D eigenvalue weighted by Gasteiger charge is 2.24. The molecule has 3 nitrogen and oxygen atoms in total. The lowest BCUT2D eigenvalue weighted by atomic mass is 9.88. The van der Waals surface area contributed by atoms with Gasteiger partial charge in [-0.05, 0) is 37.8 Å². The highest BCUT2D eigenvalue weighted by molar-refractivity contribution is 5.88. The van der Waals surface area contributed by atoms with Gasteiger partial charge in [0, 0.05) is 0 Å². The number of carbonyl (C=O) groups is 1. The normalized spacial score (nSPS) is 23.7. The molecular weight excluding hydrogens is 228 g/mol. The topological polar surface area (TPSA) is 35.5 Å². The maximum atomic E-state index is 11.8. The van der Waals surface area contributed by atoms with Crippen LogP contribution in [0.15, 0.2) is 24.3 Å². The lowest BCUT2D eigenvalue weighted by molar-refractivity contribution is -0.289. The predicted molar refractivity (Wildman–Crippen MR) is 69.1 cm³/mol. The van der Waals surface area contributed by atoms with E-state index in [4.69, 9.17) is 9.78 Å². The molecule has 1 aromatic rings. The van der Waals surface area contributed by atoms with Crippen LogP contribution in [-0.2, 0) is 9.78 Å². The Hall–Kier alpha value is -1.35. The van der Waals surface area contributed by atoms with Crippen molar-refractivity contribution in [1.29, 1.82) is 0 Å². The Balaban J connectivity index is 1.86. The molecule has 3 heteroatoms. The number of benzene rings is 1. The maximum Gasteiger partial charge on any atom is 0.373 e. The third-order valence-electron chi connectivity index (χ3n) is 3.57. The van der Waals surface area contributed by atoms with Crippen LogP contribution in [0.1, 0.15) is 48.5 Å². The molecule has 0 amide bonds. The van der Waals surface area contributed by atoms with Crippen molar-refractivity contribution in [3.05, 3.63) is 35.4 Å². The predicted octanol–water partition coefficient (Wildman–Crippen LogP) is 3.66. The van der Waals surface area contributed by atoms with Gasteiger partial charge in [-0.3, -0.25) is 4.89 Å². The number of aryl methyl sites for hydroxylation is 1. The van der Waals surface area contributed by atoms with Gasteiger partial charge in [0.2, 0.25) is 0 Å². The minimum absolute atomic E-state index is 0.0492. The Morgan fingerprint density at radius 3 is 2.50 bits per heavy atom. The first-order chi connectivity index (χ1) is 8.66. The van der Waals surface area contributed by atoms with Crippen LogP contribution in [0.4, 0.5) is 0 Å². The average Bonchev–Trinajstić information content (AvgIpc) is 2.38. The van der Waals surface area contributed by atoms with Gasteiger partial charge in [0.05, 0.1) is 5.56 Å². The fourth-order valence-corrected chi connectivity index (χ4v) is 2.27. The van der Waals surface area contributed by atoms with E-state index in [1.165, 1.54) is 6.42 Å². The van der Waals surface area contributed by atoms with E-state index in [9.17, 15) is 4.79 Å². The van der Waals surface area contributed by atoms with Crippen LogP contribution < -0.4 is 0 Å². The zero-order chi connectivity index (χ0) is 13.0. The van der Waals surface area contributed by atoms with E-state index < -0.39 is 5.97 Å². The first kappa shape index (κ1) is 13.1. The van der Waals surface area contributed by atoms with Gasteiger partial charge >= 0.3 is 5.97 Å². The summed E-state index contributed by atoms with van der Waals surface area (Å²) in [6.45, 7) is 4.12. The van der Waals surface area contributed by atoms with Gasteiger partial charge in [-0.1, -0.05) is 37.5 Å². The summed E-state index contributed by atoms with van der Waals surface area (Å²) in [6.07, 6.45) is 4.56.